The summed E-state index contributed by atoms with van der Waals surface area (Å²) in [6.07, 6.45) is 1.29. The molecule has 13 N–H and O–H groups in total. The first-order chi connectivity index (χ1) is 28.8. The van der Waals surface area contributed by atoms with Gasteiger partial charge in [-0.1, -0.05) is 53.9 Å². The number of likely N-dealkylation sites (tertiary alicyclic amines) is 1. The van der Waals surface area contributed by atoms with Crippen LogP contribution in [0, 0.1) is 11.8 Å². The molecular weight excluding hydrogens is 795 g/mol. The molecule has 0 radical (unpaired) electrons. The van der Waals surface area contributed by atoms with Crippen molar-refractivity contribution < 1.29 is 48.6 Å². The molecule has 348 valence electrons. The number of nitrogens with one attached hydrogen (secondary N) is 7. The van der Waals surface area contributed by atoms with Crippen LogP contribution in [0.3, 0.4) is 0 Å². The Bertz CT molecular complexity index is 1510. The number of carbonyl (C=O) groups is 8. The molecule has 0 bridgehead atoms. The summed E-state index contributed by atoms with van der Waals surface area (Å²) in [7, 11) is 0. The molecule has 0 aromatic carbocycles. The topological polar surface area (TPSA) is 329 Å². The molecule has 21 heteroatoms. The fraction of sp³-hybridized carbons (Fsp3) is 0.775. The molecule has 1 saturated heterocycles. The van der Waals surface area contributed by atoms with Crippen molar-refractivity contribution in [3.05, 3.63) is 0 Å². The van der Waals surface area contributed by atoms with E-state index in [2.05, 4.69) is 42.2 Å². The lowest BCUT2D eigenvalue weighted by Crippen LogP contribution is -2.62. The first-order valence-electron chi connectivity index (χ1n) is 21.5. The molecule has 8 amide bonds. The minimum absolute atomic E-state index is 0.107. The van der Waals surface area contributed by atoms with E-state index in [0.29, 0.717) is 51.6 Å². The van der Waals surface area contributed by atoms with Gasteiger partial charge in [0.25, 0.3) is 0 Å². The van der Waals surface area contributed by atoms with Crippen LogP contribution in [0.2, 0.25) is 0 Å². The maximum absolute atomic E-state index is 14.1. The third-order valence-electron chi connectivity index (χ3n) is 10.7. The minimum Gasteiger partial charge on any atom is -0.396 e. The monoisotopic (exact) mass is 868 g/mol. The van der Waals surface area contributed by atoms with Gasteiger partial charge in [-0.05, 0) is 64.2 Å². The Morgan fingerprint density at radius 3 is 1.69 bits per heavy atom. The van der Waals surface area contributed by atoms with Crippen LogP contribution in [0.15, 0.2) is 4.99 Å². The number of guanidine groups is 1. The van der Waals surface area contributed by atoms with Gasteiger partial charge < -0.3 is 63.8 Å². The maximum Gasteiger partial charge on any atom is 0.245 e. The molecule has 1 fully saturated rings. The van der Waals surface area contributed by atoms with Crippen molar-refractivity contribution in [1.82, 2.24) is 42.1 Å². The van der Waals surface area contributed by atoms with Gasteiger partial charge in [0.15, 0.2) is 5.96 Å². The van der Waals surface area contributed by atoms with E-state index in [-0.39, 0.29) is 37.7 Å². The Kier molecular flexibility index (Phi) is 24.5. The Hall–Kier alpha value is -5.05. The quantitative estimate of drug-likeness (QED) is 0.0237. The zero-order valence-electron chi connectivity index (χ0n) is 37.2. The highest BCUT2D eigenvalue weighted by Crippen LogP contribution is 2.20. The standard InChI is InChI=1S/C40H73N11O10/c1-9-15-26(46-38(60)32(24(7)53)50-37(59)31(23(6)11-3)49-34(56)27(18-21-52)45-25(8)54)33(55)48-30(22(5)10-2)36(58)47-28(16-13-19-44-40(41)42)39(61)51-20-14-17-29(51)35(57)43-12-4/h22-24,26-32,52-53H,9-21H2,1-8H3,(H,43,57)(H,45,54)(H,46,60)(H,47,58)(H,48,55)(H,49,56)(H,50,59)(H4,41,42,44)/t22-,23-,24+,26-,27-,28-,29-,30-,31+,32-/m0/s1. The number of likely N-dealkylation sites (N-methyl/N-ethyl adjacent to an activating group) is 1. The second kappa shape index (κ2) is 27.7. The lowest BCUT2D eigenvalue weighted by atomic mass is 9.96. The van der Waals surface area contributed by atoms with E-state index in [1.165, 1.54) is 18.7 Å². The number of nitrogens with two attached hydrogens (primary N) is 2. The molecule has 1 aliphatic heterocycles. The Labute approximate surface area is 359 Å². The molecular formula is C40H73N11O10. The highest BCUT2D eigenvalue weighted by Gasteiger charge is 2.40. The SMILES string of the molecule is CCC[C@H](NC(=O)[C@@H](NC(=O)[C@H](NC(=O)[C@H](CCO)NC(C)=O)[C@@H](C)CC)[C@@H](C)O)C(=O)N[C@H](C(=O)N[C@@H](CCCN=C(N)N)C(=O)N1CCC[C@H]1C(=O)NCC)[C@@H](C)CC. The maximum atomic E-state index is 14.1. The molecule has 1 heterocycles. The fourth-order valence-electron chi connectivity index (χ4n) is 6.84. The average molecular weight is 868 g/mol. The van der Waals surface area contributed by atoms with Crippen LogP contribution in [-0.4, -0.2) is 143 Å². The molecule has 0 saturated carbocycles. The summed E-state index contributed by atoms with van der Waals surface area (Å²) < 4.78 is 0. The number of aliphatic imine (C=N–C) groups is 1. The molecule has 0 aromatic heterocycles. The van der Waals surface area contributed by atoms with Crippen molar-refractivity contribution in [1.29, 1.82) is 0 Å². The molecule has 0 aliphatic carbocycles. The number of aliphatic hydroxyl groups is 2. The third kappa shape index (κ3) is 17.8. The van der Waals surface area contributed by atoms with Crippen LogP contribution in [0.25, 0.3) is 0 Å². The van der Waals surface area contributed by atoms with Crippen LogP contribution in [0.4, 0.5) is 0 Å². The number of amides is 8. The van der Waals surface area contributed by atoms with Gasteiger partial charge in [0, 0.05) is 33.2 Å². The number of nitrogens with zero attached hydrogens (tertiary/aromatic N) is 2. The Balaban J connectivity index is 3.33. The third-order valence-corrected chi connectivity index (χ3v) is 10.7. The predicted molar refractivity (Wildman–Crippen MR) is 228 cm³/mol. The number of hydrogen-bond acceptors (Lipinski definition) is 11. The van der Waals surface area contributed by atoms with Gasteiger partial charge in [0.05, 0.1) is 6.10 Å². The molecule has 1 aliphatic rings. The lowest BCUT2D eigenvalue weighted by Gasteiger charge is -2.32. The average Bonchev–Trinajstić information content (AvgIpc) is 3.70. The summed E-state index contributed by atoms with van der Waals surface area (Å²) in [6.45, 7) is 13.5. The molecule has 1 rings (SSSR count). The summed E-state index contributed by atoms with van der Waals surface area (Å²) in [5.41, 5.74) is 11.0. The smallest absolute Gasteiger partial charge is 0.245 e. The second-order valence-corrected chi connectivity index (χ2v) is 15.7. The van der Waals surface area contributed by atoms with Gasteiger partial charge in [-0.3, -0.25) is 43.3 Å². The number of hydrogen-bond donors (Lipinski definition) is 11. The molecule has 10 atom stereocenters. The molecule has 0 aromatic rings. The minimum atomic E-state index is -1.58. The Morgan fingerprint density at radius 1 is 0.705 bits per heavy atom. The van der Waals surface area contributed by atoms with Gasteiger partial charge in [-0.15, -0.1) is 0 Å². The normalized spacial score (nSPS) is 18.0. The van der Waals surface area contributed by atoms with Crippen molar-refractivity contribution >= 4 is 53.2 Å². The molecule has 21 nitrogen and oxygen atoms in total. The summed E-state index contributed by atoms with van der Waals surface area (Å²) in [5, 5.41) is 38.5. The van der Waals surface area contributed by atoms with E-state index >= 15 is 0 Å². The van der Waals surface area contributed by atoms with E-state index in [9.17, 15) is 48.6 Å². The molecule has 61 heavy (non-hydrogen) atoms. The highest BCUT2D eigenvalue weighted by atomic mass is 16.3. The molecule has 0 spiro atoms. The van der Waals surface area contributed by atoms with Crippen LogP contribution < -0.4 is 48.7 Å². The highest BCUT2D eigenvalue weighted by molar-refractivity contribution is 5.98. The first-order valence-corrected chi connectivity index (χ1v) is 21.5. The van der Waals surface area contributed by atoms with Crippen molar-refractivity contribution in [2.24, 2.45) is 28.3 Å². The van der Waals surface area contributed by atoms with Gasteiger partial charge in [-0.2, -0.15) is 0 Å². The van der Waals surface area contributed by atoms with Crippen LogP contribution in [0.1, 0.15) is 113 Å². The second-order valence-electron chi connectivity index (χ2n) is 15.7. The van der Waals surface area contributed by atoms with Gasteiger partial charge in [-0.25, -0.2) is 0 Å². The summed E-state index contributed by atoms with van der Waals surface area (Å²) in [6, 6.07) is -8.11. The van der Waals surface area contributed by atoms with E-state index in [1.54, 1.807) is 34.6 Å². The lowest BCUT2D eigenvalue weighted by molar-refractivity contribution is -0.142. The number of carbonyl (C=O) groups excluding carboxylic acids is 8. The van der Waals surface area contributed by atoms with E-state index < -0.39 is 108 Å². The number of aliphatic hydroxyl groups excluding tert-OH is 2. The summed E-state index contributed by atoms with van der Waals surface area (Å²) >= 11 is 0. The van der Waals surface area contributed by atoms with Crippen molar-refractivity contribution in [2.75, 3.05) is 26.2 Å². The van der Waals surface area contributed by atoms with Crippen LogP contribution >= 0.6 is 0 Å². The van der Waals surface area contributed by atoms with E-state index in [4.69, 9.17) is 11.5 Å². The van der Waals surface area contributed by atoms with Crippen LogP contribution in [-0.2, 0) is 38.4 Å². The van der Waals surface area contributed by atoms with E-state index in [0.717, 1.165) is 0 Å². The van der Waals surface area contributed by atoms with Crippen molar-refractivity contribution in [2.45, 2.75) is 162 Å². The largest absolute Gasteiger partial charge is 0.396 e. The first kappa shape index (κ1) is 54.0. The summed E-state index contributed by atoms with van der Waals surface area (Å²) in [5.74, 6) is -6.18. The number of rotatable bonds is 27. The van der Waals surface area contributed by atoms with Crippen LogP contribution in [0.5, 0.6) is 0 Å². The predicted octanol–water partition coefficient (Wildman–Crippen LogP) is -2.25. The van der Waals surface area contributed by atoms with Crippen molar-refractivity contribution in [3.63, 3.8) is 0 Å². The van der Waals surface area contributed by atoms with Gasteiger partial charge in [0.2, 0.25) is 47.3 Å². The zero-order chi connectivity index (χ0) is 46.4. The van der Waals surface area contributed by atoms with Crippen molar-refractivity contribution in [3.8, 4) is 0 Å². The van der Waals surface area contributed by atoms with Gasteiger partial charge in [0.1, 0.15) is 42.3 Å². The zero-order valence-corrected chi connectivity index (χ0v) is 37.2. The van der Waals surface area contributed by atoms with E-state index in [1.807, 2.05) is 6.92 Å². The molecule has 0 unspecified atom stereocenters. The summed E-state index contributed by atoms with van der Waals surface area (Å²) in [4.78, 5) is 112. The van der Waals surface area contributed by atoms with Gasteiger partial charge >= 0.3 is 0 Å². The fourth-order valence-corrected chi connectivity index (χ4v) is 6.84. The Morgan fingerprint density at radius 2 is 1.21 bits per heavy atom.